The van der Waals surface area contributed by atoms with Crippen LogP contribution < -0.4 is 5.32 Å². The molecule has 6 heteroatoms. The minimum absolute atomic E-state index is 0.0497. The number of Topliss-reactive ketones (excluding diaryl/α,β-unsaturated/α-hetero) is 1. The summed E-state index contributed by atoms with van der Waals surface area (Å²) in [4.78, 5) is 25.9. The number of allylic oxidation sites excluding steroid dienone is 1. The number of nitrogens with one attached hydrogen (secondary N) is 1. The second kappa shape index (κ2) is 7.83. The molecule has 0 bridgehead atoms. The Morgan fingerprint density at radius 3 is 2.60 bits per heavy atom. The number of ketones is 1. The van der Waals surface area contributed by atoms with E-state index in [1.54, 1.807) is 27.7 Å². The van der Waals surface area contributed by atoms with Crippen LogP contribution in [0.4, 0.5) is 5.00 Å². The van der Waals surface area contributed by atoms with Crippen molar-refractivity contribution in [1.29, 1.82) is 5.26 Å². The number of fused-ring (bicyclic) bond motifs is 1. The summed E-state index contributed by atoms with van der Waals surface area (Å²) >= 11 is 1.51. The molecule has 0 amide bonds. The summed E-state index contributed by atoms with van der Waals surface area (Å²) in [7, 11) is 0. The zero-order chi connectivity index (χ0) is 18.6. The van der Waals surface area contributed by atoms with Crippen LogP contribution in [-0.4, -0.2) is 18.4 Å². The van der Waals surface area contributed by atoms with Crippen molar-refractivity contribution >= 4 is 28.1 Å². The van der Waals surface area contributed by atoms with Gasteiger partial charge in [0, 0.05) is 16.5 Å². The number of ether oxygens (including phenoxy) is 1. The Kier molecular flexibility index (Phi) is 6.02. The molecule has 0 unspecified atom stereocenters. The van der Waals surface area contributed by atoms with E-state index in [0.29, 0.717) is 17.2 Å². The lowest BCUT2D eigenvalue weighted by atomic mass is 9.87. The molecule has 0 aromatic carbocycles. The van der Waals surface area contributed by atoms with Crippen LogP contribution in [-0.2, 0) is 22.4 Å². The van der Waals surface area contributed by atoms with E-state index >= 15 is 0 Å². The Bertz CT molecular complexity index is 748. The molecule has 0 saturated carbocycles. The van der Waals surface area contributed by atoms with Crippen LogP contribution in [0.2, 0.25) is 0 Å². The largest absolute Gasteiger partial charge is 0.462 e. The van der Waals surface area contributed by atoms with Crippen molar-refractivity contribution in [3.63, 3.8) is 0 Å². The van der Waals surface area contributed by atoms with Gasteiger partial charge >= 0.3 is 5.97 Å². The van der Waals surface area contributed by atoms with Crippen LogP contribution in [0.3, 0.4) is 0 Å². The normalized spacial score (nSPS) is 14.4. The van der Waals surface area contributed by atoms with Crippen LogP contribution in [0.25, 0.3) is 0 Å². The molecule has 1 heterocycles. The Morgan fingerprint density at radius 2 is 2.00 bits per heavy atom. The molecular weight excluding hydrogens is 336 g/mol. The lowest BCUT2D eigenvalue weighted by Crippen LogP contribution is -2.22. The average molecular weight is 360 g/mol. The van der Waals surface area contributed by atoms with E-state index in [2.05, 4.69) is 5.32 Å². The van der Waals surface area contributed by atoms with Gasteiger partial charge in [0.15, 0.2) is 5.78 Å². The first-order valence-electron chi connectivity index (χ1n) is 8.52. The number of rotatable bonds is 5. The molecule has 1 aromatic rings. The third-order valence-electron chi connectivity index (χ3n) is 4.04. The standard InChI is InChI=1S/C19H24N2O3S/c1-5-24-18(23)15-13-8-6-7-9-14(13)25-17(15)21-11-12(10-20)16(22)19(2,3)4/h11,21H,5-9H2,1-4H3/b12-11-. The topological polar surface area (TPSA) is 79.2 Å². The highest BCUT2D eigenvalue weighted by atomic mass is 32.1. The molecule has 0 spiro atoms. The van der Waals surface area contributed by atoms with E-state index in [0.717, 1.165) is 31.2 Å². The minimum atomic E-state index is -0.637. The van der Waals surface area contributed by atoms with Gasteiger partial charge in [-0.15, -0.1) is 11.3 Å². The van der Waals surface area contributed by atoms with Gasteiger partial charge in [0.25, 0.3) is 0 Å². The molecule has 25 heavy (non-hydrogen) atoms. The fraction of sp³-hybridized carbons (Fsp3) is 0.526. The van der Waals surface area contributed by atoms with E-state index in [-0.39, 0.29) is 17.3 Å². The van der Waals surface area contributed by atoms with Crippen LogP contribution >= 0.6 is 11.3 Å². The van der Waals surface area contributed by atoms with E-state index in [9.17, 15) is 14.9 Å². The van der Waals surface area contributed by atoms with E-state index < -0.39 is 5.41 Å². The smallest absolute Gasteiger partial charge is 0.341 e. The summed E-state index contributed by atoms with van der Waals surface area (Å²) in [6.45, 7) is 7.40. The molecule has 134 valence electrons. The number of hydrogen-bond acceptors (Lipinski definition) is 6. The van der Waals surface area contributed by atoms with Crippen molar-refractivity contribution in [2.45, 2.75) is 53.4 Å². The number of thiophene rings is 1. The molecule has 0 saturated heterocycles. The van der Waals surface area contributed by atoms with Gasteiger partial charge < -0.3 is 10.1 Å². The van der Waals surface area contributed by atoms with Crippen molar-refractivity contribution in [1.82, 2.24) is 0 Å². The molecule has 0 aliphatic heterocycles. The average Bonchev–Trinajstić information content (AvgIpc) is 2.93. The number of aryl methyl sites for hydroxylation is 1. The maximum atomic E-state index is 12.4. The zero-order valence-corrected chi connectivity index (χ0v) is 16.0. The predicted octanol–water partition coefficient (Wildman–Crippen LogP) is 4.24. The van der Waals surface area contributed by atoms with Gasteiger partial charge in [-0.2, -0.15) is 5.26 Å². The minimum Gasteiger partial charge on any atom is -0.462 e. The van der Waals surface area contributed by atoms with Crippen molar-refractivity contribution in [3.05, 3.63) is 27.8 Å². The Balaban J connectivity index is 2.37. The van der Waals surface area contributed by atoms with E-state index in [1.807, 2.05) is 6.07 Å². The molecule has 1 aliphatic rings. The molecule has 2 rings (SSSR count). The molecule has 1 aromatic heterocycles. The zero-order valence-electron chi connectivity index (χ0n) is 15.2. The van der Waals surface area contributed by atoms with Crippen molar-refractivity contribution < 1.29 is 14.3 Å². The SMILES string of the molecule is CCOC(=O)c1c(N/C=C(/C#N)C(=O)C(C)(C)C)sc2c1CCCC2. The number of carbonyl (C=O) groups excluding carboxylic acids is 2. The van der Waals surface area contributed by atoms with Gasteiger partial charge in [0.2, 0.25) is 0 Å². The lowest BCUT2D eigenvalue weighted by Gasteiger charge is -2.15. The monoisotopic (exact) mass is 360 g/mol. The third-order valence-corrected chi connectivity index (χ3v) is 5.27. The molecule has 5 nitrogen and oxygen atoms in total. The molecule has 0 atom stereocenters. The maximum Gasteiger partial charge on any atom is 0.341 e. The lowest BCUT2D eigenvalue weighted by molar-refractivity contribution is -0.122. The quantitative estimate of drug-likeness (QED) is 0.483. The van der Waals surface area contributed by atoms with Gasteiger partial charge in [0.1, 0.15) is 16.6 Å². The predicted molar refractivity (Wildman–Crippen MR) is 98.7 cm³/mol. The van der Waals surface area contributed by atoms with Crippen LogP contribution in [0.15, 0.2) is 11.8 Å². The van der Waals surface area contributed by atoms with Crippen molar-refractivity contribution in [2.24, 2.45) is 5.41 Å². The summed E-state index contributed by atoms with van der Waals surface area (Å²) < 4.78 is 5.20. The second-order valence-electron chi connectivity index (χ2n) is 7.03. The van der Waals surface area contributed by atoms with Crippen LogP contribution in [0, 0.1) is 16.7 Å². The fourth-order valence-corrected chi connectivity index (χ4v) is 4.02. The van der Waals surface area contributed by atoms with Gasteiger partial charge in [-0.25, -0.2) is 4.79 Å². The number of nitriles is 1. The first kappa shape index (κ1) is 19.2. The maximum absolute atomic E-state index is 12.4. The number of carbonyl (C=O) groups is 2. The van der Waals surface area contributed by atoms with Gasteiger partial charge in [0.05, 0.1) is 12.2 Å². The number of nitrogens with zero attached hydrogens (tertiary/aromatic N) is 1. The van der Waals surface area contributed by atoms with Crippen molar-refractivity contribution in [2.75, 3.05) is 11.9 Å². The van der Waals surface area contributed by atoms with Gasteiger partial charge in [-0.05, 0) is 38.2 Å². The van der Waals surface area contributed by atoms with E-state index in [1.165, 1.54) is 22.4 Å². The molecule has 0 fully saturated rings. The molecule has 1 aliphatic carbocycles. The summed E-state index contributed by atoms with van der Waals surface area (Å²) in [5, 5.41) is 13.0. The Morgan fingerprint density at radius 1 is 1.32 bits per heavy atom. The highest BCUT2D eigenvalue weighted by molar-refractivity contribution is 7.16. The highest BCUT2D eigenvalue weighted by Crippen LogP contribution is 2.38. The number of hydrogen-bond donors (Lipinski definition) is 1. The van der Waals surface area contributed by atoms with Crippen LogP contribution in [0.5, 0.6) is 0 Å². The third kappa shape index (κ3) is 4.29. The molecular formula is C19H24N2O3S. The highest BCUT2D eigenvalue weighted by Gasteiger charge is 2.27. The Labute approximate surface area is 152 Å². The van der Waals surface area contributed by atoms with Gasteiger partial charge in [-0.1, -0.05) is 20.8 Å². The number of esters is 1. The van der Waals surface area contributed by atoms with Gasteiger partial charge in [-0.3, -0.25) is 4.79 Å². The van der Waals surface area contributed by atoms with Crippen LogP contribution in [0.1, 0.15) is 61.3 Å². The fourth-order valence-electron chi connectivity index (χ4n) is 2.78. The summed E-state index contributed by atoms with van der Waals surface area (Å²) in [5.74, 6) is -0.583. The van der Waals surface area contributed by atoms with Crippen molar-refractivity contribution in [3.8, 4) is 6.07 Å². The second-order valence-corrected chi connectivity index (χ2v) is 8.13. The summed E-state index contributed by atoms with van der Waals surface area (Å²) in [6, 6.07) is 1.95. The molecule has 1 N–H and O–H groups in total. The summed E-state index contributed by atoms with van der Waals surface area (Å²) in [5.41, 5.74) is 1.01. The first-order valence-corrected chi connectivity index (χ1v) is 9.34. The summed E-state index contributed by atoms with van der Waals surface area (Å²) in [6.07, 6.45) is 5.38. The number of anilines is 1. The first-order chi connectivity index (χ1) is 11.8. The molecule has 0 radical (unpaired) electrons. The van der Waals surface area contributed by atoms with E-state index in [4.69, 9.17) is 4.74 Å². The Hall–Kier alpha value is -2.13.